The van der Waals surface area contributed by atoms with E-state index in [-0.39, 0.29) is 6.03 Å². The Balaban J connectivity index is 1.98. The van der Waals surface area contributed by atoms with E-state index in [1.165, 1.54) is 6.42 Å². The van der Waals surface area contributed by atoms with E-state index in [1.54, 1.807) is 12.1 Å². The molecule has 20 heavy (non-hydrogen) atoms. The lowest BCUT2D eigenvalue weighted by atomic mass is 10.00. The van der Waals surface area contributed by atoms with E-state index < -0.39 is 0 Å². The highest BCUT2D eigenvalue weighted by atomic mass is 35.5. The zero-order chi connectivity index (χ0) is 14.4. The molecule has 0 aliphatic carbocycles. The number of carbonyl (C=O) groups excluding carboxylic acids is 1. The highest BCUT2D eigenvalue weighted by Crippen LogP contribution is 2.21. The van der Waals surface area contributed by atoms with Gasteiger partial charge in [0, 0.05) is 23.3 Å². The Bertz CT molecular complexity index is 452. The van der Waals surface area contributed by atoms with Crippen LogP contribution in [0, 0.1) is 0 Å². The number of halogens is 1. The molecule has 1 heterocycles. The van der Waals surface area contributed by atoms with E-state index in [4.69, 9.17) is 11.6 Å². The van der Waals surface area contributed by atoms with Gasteiger partial charge in [-0.05, 0) is 57.5 Å². The van der Waals surface area contributed by atoms with Crippen LogP contribution in [0.3, 0.4) is 0 Å². The number of likely N-dealkylation sites (tertiary alicyclic amines) is 1. The molecule has 2 N–H and O–H groups in total. The molecule has 2 rings (SSSR count). The number of piperidine rings is 1. The molecule has 1 aromatic rings. The van der Waals surface area contributed by atoms with Crippen molar-refractivity contribution in [2.24, 2.45) is 0 Å². The molecule has 0 spiro atoms. The zero-order valence-corrected chi connectivity index (χ0v) is 12.6. The standard InChI is InChI=1S/C15H22ClN3O/c1-17-9-8-14-7-2-3-10-19(14)15(20)18-13-6-4-5-12(16)11-13/h4-6,11,14,17H,2-3,7-10H2,1H3,(H,18,20). The summed E-state index contributed by atoms with van der Waals surface area (Å²) in [6, 6.07) is 7.58. The molecule has 2 amide bonds. The smallest absolute Gasteiger partial charge is 0.322 e. The van der Waals surface area contributed by atoms with E-state index in [0.717, 1.165) is 38.0 Å². The highest BCUT2D eigenvalue weighted by molar-refractivity contribution is 6.30. The van der Waals surface area contributed by atoms with Crippen molar-refractivity contribution in [3.63, 3.8) is 0 Å². The van der Waals surface area contributed by atoms with Crippen molar-refractivity contribution in [2.75, 3.05) is 25.5 Å². The van der Waals surface area contributed by atoms with E-state index >= 15 is 0 Å². The summed E-state index contributed by atoms with van der Waals surface area (Å²) >= 11 is 5.94. The largest absolute Gasteiger partial charge is 0.322 e. The Kier molecular flexibility index (Phi) is 5.68. The van der Waals surface area contributed by atoms with Crippen LogP contribution in [0.25, 0.3) is 0 Å². The van der Waals surface area contributed by atoms with Gasteiger partial charge in [0.2, 0.25) is 0 Å². The first kappa shape index (κ1) is 15.1. The number of carbonyl (C=O) groups is 1. The summed E-state index contributed by atoms with van der Waals surface area (Å²) < 4.78 is 0. The average Bonchev–Trinajstić information content (AvgIpc) is 2.45. The molecule has 0 saturated carbocycles. The number of benzene rings is 1. The quantitative estimate of drug-likeness (QED) is 0.895. The molecule has 1 aromatic carbocycles. The molecular weight excluding hydrogens is 274 g/mol. The summed E-state index contributed by atoms with van der Waals surface area (Å²) in [5.41, 5.74) is 0.750. The van der Waals surface area contributed by atoms with E-state index in [0.29, 0.717) is 11.1 Å². The lowest BCUT2D eigenvalue weighted by molar-refractivity contribution is 0.158. The fraction of sp³-hybridized carbons (Fsp3) is 0.533. The SMILES string of the molecule is CNCCC1CCCCN1C(=O)Nc1cccc(Cl)c1. The number of rotatable bonds is 4. The van der Waals surface area contributed by atoms with E-state index in [9.17, 15) is 4.79 Å². The van der Waals surface area contributed by atoms with Gasteiger partial charge >= 0.3 is 6.03 Å². The Labute approximate surface area is 125 Å². The minimum atomic E-state index is -0.0203. The second-order valence-corrected chi connectivity index (χ2v) is 5.61. The predicted molar refractivity (Wildman–Crippen MR) is 83.4 cm³/mol. The molecular formula is C15H22ClN3O. The predicted octanol–water partition coefficient (Wildman–Crippen LogP) is 3.34. The average molecular weight is 296 g/mol. The Morgan fingerprint density at radius 3 is 3.05 bits per heavy atom. The molecule has 5 heteroatoms. The van der Waals surface area contributed by atoms with Crippen LogP contribution in [0.4, 0.5) is 10.5 Å². The van der Waals surface area contributed by atoms with Crippen LogP contribution in [0.1, 0.15) is 25.7 Å². The minimum Gasteiger partial charge on any atom is -0.322 e. The van der Waals surface area contributed by atoms with Crippen molar-refractivity contribution < 1.29 is 4.79 Å². The molecule has 0 bridgehead atoms. The van der Waals surface area contributed by atoms with E-state index in [1.807, 2.05) is 24.1 Å². The van der Waals surface area contributed by atoms with Crippen LogP contribution < -0.4 is 10.6 Å². The van der Waals surface area contributed by atoms with Gasteiger partial charge < -0.3 is 15.5 Å². The third-order valence-corrected chi connectivity index (χ3v) is 3.93. The summed E-state index contributed by atoms with van der Waals surface area (Å²) in [4.78, 5) is 14.4. The second-order valence-electron chi connectivity index (χ2n) is 5.18. The maximum absolute atomic E-state index is 12.4. The van der Waals surface area contributed by atoms with Crippen LogP contribution in [-0.4, -0.2) is 37.1 Å². The molecule has 110 valence electrons. The fourth-order valence-corrected chi connectivity index (χ4v) is 2.83. The minimum absolute atomic E-state index is 0.0203. The van der Waals surface area contributed by atoms with Gasteiger partial charge in [-0.1, -0.05) is 17.7 Å². The van der Waals surface area contributed by atoms with Crippen LogP contribution in [0.5, 0.6) is 0 Å². The van der Waals surface area contributed by atoms with Crippen LogP contribution in [-0.2, 0) is 0 Å². The zero-order valence-electron chi connectivity index (χ0n) is 11.9. The summed E-state index contributed by atoms with van der Waals surface area (Å²) in [7, 11) is 1.94. The second kappa shape index (κ2) is 7.50. The number of hydrogen-bond acceptors (Lipinski definition) is 2. The van der Waals surface area contributed by atoms with Crippen molar-refractivity contribution in [3.8, 4) is 0 Å². The van der Waals surface area contributed by atoms with Crippen LogP contribution >= 0.6 is 11.6 Å². The lowest BCUT2D eigenvalue weighted by Crippen LogP contribution is -2.46. The van der Waals surface area contributed by atoms with Gasteiger partial charge in [0.15, 0.2) is 0 Å². The van der Waals surface area contributed by atoms with Crippen molar-refractivity contribution in [1.29, 1.82) is 0 Å². The molecule has 1 saturated heterocycles. The fourth-order valence-electron chi connectivity index (χ4n) is 2.64. The Morgan fingerprint density at radius 1 is 1.45 bits per heavy atom. The summed E-state index contributed by atoms with van der Waals surface area (Å²) in [5.74, 6) is 0. The maximum Gasteiger partial charge on any atom is 0.322 e. The van der Waals surface area contributed by atoms with Crippen LogP contribution in [0.2, 0.25) is 5.02 Å². The topological polar surface area (TPSA) is 44.4 Å². The first-order valence-corrected chi connectivity index (χ1v) is 7.56. The van der Waals surface area contributed by atoms with Crippen molar-refractivity contribution >= 4 is 23.3 Å². The van der Waals surface area contributed by atoms with Crippen LogP contribution in [0.15, 0.2) is 24.3 Å². The van der Waals surface area contributed by atoms with Gasteiger partial charge in [-0.2, -0.15) is 0 Å². The third-order valence-electron chi connectivity index (χ3n) is 3.69. The number of amides is 2. The lowest BCUT2D eigenvalue weighted by Gasteiger charge is -2.35. The molecule has 0 aromatic heterocycles. The summed E-state index contributed by atoms with van der Waals surface area (Å²) in [5, 5.41) is 6.73. The molecule has 1 atom stereocenters. The monoisotopic (exact) mass is 295 g/mol. The number of nitrogens with one attached hydrogen (secondary N) is 2. The normalized spacial score (nSPS) is 18.9. The van der Waals surface area contributed by atoms with Gasteiger partial charge in [0.1, 0.15) is 0 Å². The number of nitrogens with zero attached hydrogens (tertiary/aromatic N) is 1. The van der Waals surface area contributed by atoms with Gasteiger partial charge in [-0.3, -0.25) is 0 Å². The molecule has 1 fully saturated rings. The summed E-state index contributed by atoms with van der Waals surface area (Å²) in [6.45, 7) is 1.77. The molecule has 1 aliphatic rings. The molecule has 0 radical (unpaired) electrons. The number of urea groups is 1. The van der Waals surface area contributed by atoms with Gasteiger partial charge in [-0.25, -0.2) is 4.79 Å². The highest BCUT2D eigenvalue weighted by Gasteiger charge is 2.26. The van der Waals surface area contributed by atoms with Gasteiger partial charge in [-0.15, -0.1) is 0 Å². The Morgan fingerprint density at radius 2 is 2.30 bits per heavy atom. The third kappa shape index (κ3) is 4.12. The molecule has 1 aliphatic heterocycles. The maximum atomic E-state index is 12.4. The van der Waals surface area contributed by atoms with Crippen molar-refractivity contribution in [3.05, 3.63) is 29.3 Å². The summed E-state index contributed by atoms with van der Waals surface area (Å²) in [6.07, 6.45) is 4.37. The molecule has 4 nitrogen and oxygen atoms in total. The van der Waals surface area contributed by atoms with Crippen molar-refractivity contribution in [1.82, 2.24) is 10.2 Å². The first-order valence-electron chi connectivity index (χ1n) is 7.18. The number of anilines is 1. The van der Waals surface area contributed by atoms with Gasteiger partial charge in [0.05, 0.1) is 0 Å². The van der Waals surface area contributed by atoms with Gasteiger partial charge in [0.25, 0.3) is 0 Å². The first-order chi connectivity index (χ1) is 9.70. The number of hydrogen-bond donors (Lipinski definition) is 2. The Hall–Kier alpha value is -1.26. The van der Waals surface area contributed by atoms with E-state index in [2.05, 4.69) is 10.6 Å². The van der Waals surface area contributed by atoms with Crippen molar-refractivity contribution in [2.45, 2.75) is 31.7 Å². The molecule has 1 unspecified atom stereocenters.